The average Bonchev–Trinajstić information content (AvgIpc) is 3.29. The van der Waals surface area contributed by atoms with Crippen LogP contribution in [0.1, 0.15) is 112 Å². The molecule has 380 valence electrons. The molecule has 8 atom stereocenters. The van der Waals surface area contributed by atoms with E-state index in [1.165, 1.54) is 42.8 Å². The van der Waals surface area contributed by atoms with E-state index < -0.39 is 96.1 Å². The van der Waals surface area contributed by atoms with Crippen LogP contribution in [0.5, 0.6) is 0 Å². The Kier molecular flexibility index (Phi) is 20.8. The maximum atomic E-state index is 14.7. The van der Waals surface area contributed by atoms with Crippen LogP contribution in [-0.2, 0) is 70.1 Å². The molecule has 69 heavy (non-hydrogen) atoms. The highest BCUT2D eigenvalue weighted by atomic mass is 16.6. The van der Waals surface area contributed by atoms with Gasteiger partial charge >= 0.3 is 23.9 Å². The lowest BCUT2D eigenvalue weighted by molar-refractivity contribution is -0.178. The van der Waals surface area contributed by atoms with E-state index in [0.717, 1.165) is 4.90 Å². The zero-order valence-electron chi connectivity index (χ0n) is 42.8. The molecule has 0 aromatic heterocycles. The van der Waals surface area contributed by atoms with Crippen molar-refractivity contribution in [1.29, 1.82) is 0 Å². The Morgan fingerprint density at radius 2 is 0.812 bits per heavy atom. The number of amides is 4. The van der Waals surface area contributed by atoms with Gasteiger partial charge in [-0.15, -0.1) is 0 Å². The molecule has 2 aliphatic rings. The van der Waals surface area contributed by atoms with Crippen molar-refractivity contribution in [3.05, 3.63) is 71.8 Å². The van der Waals surface area contributed by atoms with E-state index in [1.54, 1.807) is 60.7 Å². The molecule has 0 saturated carbocycles. The molecule has 0 N–H and O–H groups in total. The van der Waals surface area contributed by atoms with Gasteiger partial charge in [0.1, 0.15) is 24.2 Å². The number of cyclic esters (lactones) is 3. The van der Waals surface area contributed by atoms with E-state index in [4.69, 9.17) is 18.9 Å². The second-order valence-electron chi connectivity index (χ2n) is 20.3. The smallest absolute Gasteiger partial charge is 0.329 e. The average molecular weight is 961 g/mol. The lowest BCUT2D eigenvalue weighted by Crippen LogP contribution is -2.57. The number of carbonyl (C=O) groups is 8. The summed E-state index contributed by atoms with van der Waals surface area (Å²) < 4.78 is 24.1. The number of hydrogen-bond donors (Lipinski definition) is 0. The summed E-state index contributed by atoms with van der Waals surface area (Å²) in [5, 5.41) is 0. The number of ether oxygens (including phenoxy) is 4. The predicted molar refractivity (Wildman–Crippen MR) is 258 cm³/mol. The van der Waals surface area contributed by atoms with Crippen molar-refractivity contribution in [3.63, 3.8) is 0 Å². The maximum Gasteiger partial charge on any atom is 0.329 e. The third kappa shape index (κ3) is 15.6. The molecule has 2 aromatic carbocycles. The van der Waals surface area contributed by atoms with Gasteiger partial charge in [-0.2, -0.15) is 0 Å². The molecule has 2 bridgehead atoms. The number of nitrogens with zero attached hydrogens (tertiary/aromatic N) is 4. The minimum absolute atomic E-state index is 0.0650. The van der Waals surface area contributed by atoms with Gasteiger partial charge < -0.3 is 38.5 Å². The topological polar surface area (TPSA) is 186 Å². The fourth-order valence-electron chi connectivity index (χ4n) is 8.83. The number of hydrogen-bond acceptors (Lipinski definition) is 12. The van der Waals surface area contributed by atoms with Gasteiger partial charge in [0.2, 0.25) is 0 Å². The summed E-state index contributed by atoms with van der Waals surface area (Å²) in [5.74, 6) is -6.79. The summed E-state index contributed by atoms with van der Waals surface area (Å²) in [6.07, 6.45) is -4.76. The molecule has 4 rings (SSSR count). The number of carbonyl (C=O) groups excluding carboxylic acids is 8. The highest BCUT2D eigenvalue weighted by molar-refractivity contribution is 5.94. The van der Waals surface area contributed by atoms with E-state index in [-0.39, 0.29) is 75.2 Å². The summed E-state index contributed by atoms with van der Waals surface area (Å²) in [4.78, 5) is 121. The van der Waals surface area contributed by atoms with Crippen LogP contribution in [0.15, 0.2) is 60.7 Å². The van der Waals surface area contributed by atoms with Crippen LogP contribution in [0.3, 0.4) is 0 Å². The van der Waals surface area contributed by atoms with Crippen LogP contribution in [0.25, 0.3) is 0 Å². The summed E-state index contributed by atoms with van der Waals surface area (Å²) in [5.41, 5.74) is 1.32. The minimum Gasteiger partial charge on any atom is -0.451 e. The highest BCUT2D eigenvalue weighted by Gasteiger charge is 2.45. The van der Waals surface area contributed by atoms with Crippen molar-refractivity contribution < 1.29 is 57.3 Å². The van der Waals surface area contributed by atoms with Crippen molar-refractivity contribution in [3.8, 4) is 0 Å². The second-order valence-corrected chi connectivity index (χ2v) is 20.3. The predicted octanol–water partition coefficient (Wildman–Crippen LogP) is 5.81. The zero-order valence-corrected chi connectivity index (χ0v) is 42.8. The lowest BCUT2D eigenvalue weighted by atomic mass is 9.97. The Morgan fingerprint density at radius 1 is 0.464 bits per heavy atom. The molecule has 0 spiro atoms. The van der Waals surface area contributed by atoms with Crippen molar-refractivity contribution >= 4 is 47.5 Å². The molecule has 16 heteroatoms. The van der Waals surface area contributed by atoms with Crippen LogP contribution in [-0.4, -0.2) is 143 Å². The van der Waals surface area contributed by atoms with Crippen molar-refractivity contribution in [2.24, 2.45) is 23.7 Å². The third-order valence-corrected chi connectivity index (χ3v) is 12.6. The van der Waals surface area contributed by atoms with E-state index in [1.807, 2.05) is 55.4 Å². The van der Waals surface area contributed by atoms with Gasteiger partial charge in [-0.05, 0) is 80.2 Å². The Hall–Kier alpha value is -5.80. The first-order chi connectivity index (χ1) is 32.5. The normalized spacial score (nSPS) is 25.8. The molecule has 4 amide bonds. The Morgan fingerprint density at radius 3 is 1.22 bits per heavy atom. The molecular formula is C53H76N4O12. The molecule has 2 saturated heterocycles. The standard InChI is InChI=1S/C53H76N4O12/c1-32(2)26-39-50(62)66-36(9)46(58)54(10)40(27-33(3)4)52(64)68-44(30-37-20-15-13-16-21-37)47(59)56(12)41(28-34(5)6)51(63)67-43-24-19-25-57(49(43)61)42(29-35(7)8)53(65)69-45(48(60)55(39)11)31-38-22-17-14-18-23-38/h13-18,20-23,32-36,39-45H,19,24-31H2,1-12H3/t36-,39?,40?,41?,42?,43-,44-,45-/m1/s1. The summed E-state index contributed by atoms with van der Waals surface area (Å²) in [7, 11) is 4.23. The molecule has 4 unspecified atom stereocenters. The van der Waals surface area contributed by atoms with Crippen molar-refractivity contribution in [1.82, 2.24) is 19.6 Å². The Balaban J connectivity index is 1.87. The van der Waals surface area contributed by atoms with Gasteiger partial charge in [0.05, 0.1) is 0 Å². The Bertz CT molecular complexity index is 2080. The van der Waals surface area contributed by atoms with Gasteiger partial charge in [-0.1, -0.05) is 116 Å². The SMILES string of the molecule is CC(C)CC1C(=O)O[C@H](Cc2ccccc2)C(=O)N(C)C(CC(C)C)C(=O)O[C@@H]2CCCN(C2=O)C(CC(C)C)C(=O)O[C@H](Cc2ccccc2)C(=O)N(C)C(CC(C)C)C(=O)O[C@H](C)C(=O)N1C. The molecule has 2 heterocycles. The molecular weight excluding hydrogens is 885 g/mol. The molecule has 2 fully saturated rings. The van der Waals surface area contributed by atoms with E-state index in [9.17, 15) is 38.4 Å². The summed E-state index contributed by atoms with van der Waals surface area (Å²) >= 11 is 0. The number of benzene rings is 2. The maximum absolute atomic E-state index is 14.7. The first kappa shape index (κ1) is 55.8. The largest absolute Gasteiger partial charge is 0.451 e. The molecule has 0 aliphatic carbocycles. The third-order valence-electron chi connectivity index (χ3n) is 12.6. The number of fused-ring (bicyclic) bond motifs is 2. The molecule has 16 nitrogen and oxygen atoms in total. The Labute approximate surface area is 408 Å². The van der Waals surface area contributed by atoms with Gasteiger partial charge in [-0.3, -0.25) is 19.2 Å². The quantitative estimate of drug-likeness (QED) is 0.184. The summed E-state index contributed by atoms with van der Waals surface area (Å²) in [6, 6.07) is 13.0. The van der Waals surface area contributed by atoms with Gasteiger partial charge in [-0.25, -0.2) is 19.2 Å². The van der Waals surface area contributed by atoms with Gasteiger partial charge in [0, 0.05) is 40.5 Å². The molecule has 0 radical (unpaired) electrons. The van der Waals surface area contributed by atoms with E-state index in [0.29, 0.717) is 17.5 Å². The van der Waals surface area contributed by atoms with Crippen LogP contribution in [0, 0.1) is 23.7 Å². The first-order valence-electron chi connectivity index (χ1n) is 24.5. The first-order valence-corrected chi connectivity index (χ1v) is 24.5. The fourth-order valence-corrected chi connectivity index (χ4v) is 8.83. The minimum atomic E-state index is -1.46. The monoisotopic (exact) mass is 961 g/mol. The summed E-state index contributed by atoms with van der Waals surface area (Å²) in [6.45, 7) is 16.5. The van der Waals surface area contributed by atoms with Crippen LogP contribution >= 0.6 is 0 Å². The zero-order chi connectivity index (χ0) is 51.3. The van der Waals surface area contributed by atoms with Crippen molar-refractivity contribution in [2.45, 2.75) is 162 Å². The highest BCUT2D eigenvalue weighted by Crippen LogP contribution is 2.27. The lowest BCUT2D eigenvalue weighted by Gasteiger charge is -2.39. The fraction of sp³-hybridized carbons (Fsp3) is 0.623. The second kappa shape index (κ2) is 25.7. The molecule has 2 aromatic rings. The van der Waals surface area contributed by atoms with Crippen molar-refractivity contribution in [2.75, 3.05) is 27.7 Å². The molecule has 2 aliphatic heterocycles. The number of esters is 4. The number of rotatable bonds is 12. The van der Waals surface area contributed by atoms with Crippen LogP contribution < -0.4 is 0 Å². The number of likely N-dealkylation sites (N-methyl/N-ethyl adjacent to an activating group) is 3. The number of piperidine rings is 1. The van der Waals surface area contributed by atoms with Gasteiger partial charge in [0.25, 0.3) is 23.6 Å². The van der Waals surface area contributed by atoms with E-state index in [2.05, 4.69) is 0 Å². The van der Waals surface area contributed by atoms with Crippen LogP contribution in [0.2, 0.25) is 0 Å². The van der Waals surface area contributed by atoms with Gasteiger partial charge in [0.15, 0.2) is 24.4 Å². The van der Waals surface area contributed by atoms with Crippen LogP contribution in [0.4, 0.5) is 0 Å². The van der Waals surface area contributed by atoms with E-state index >= 15 is 0 Å².